The van der Waals surface area contributed by atoms with Gasteiger partial charge in [0, 0.05) is 12.7 Å². The van der Waals surface area contributed by atoms with Crippen LogP contribution in [-0.4, -0.2) is 62.5 Å². The molecule has 0 saturated heterocycles. The van der Waals surface area contributed by atoms with Crippen molar-refractivity contribution in [3.63, 3.8) is 0 Å². The Morgan fingerprint density at radius 3 is 2.47 bits per heavy atom. The molecular weight excluding hydrogens is 392 g/mol. The zero-order valence-electron chi connectivity index (χ0n) is 15.6. The van der Waals surface area contributed by atoms with Gasteiger partial charge in [-0.25, -0.2) is 9.48 Å². The van der Waals surface area contributed by atoms with Crippen LogP contribution in [0.2, 0.25) is 0 Å². The number of fused-ring (bicyclic) bond motifs is 1. The molecule has 11 heteroatoms. The maximum absolute atomic E-state index is 12.1. The van der Waals surface area contributed by atoms with Crippen molar-refractivity contribution in [2.45, 2.75) is 0 Å². The Labute approximate surface area is 169 Å². The Morgan fingerprint density at radius 1 is 1.03 bits per heavy atom. The molecule has 4 rings (SSSR count). The van der Waals surface area contributed by atoms with E-state index in [0.29, 0.717) is 11.4 Å². The molecule has 1 aliphatic heterocycles. The summed E-state index contributed by atoms with van der Waals surface area (Å²) in [5.74, 6) is -2.10. The molecule has 0 radical (unpaired) electrons. The van der Waals surface area contributed by atoms with Gasteiger partial charge < -0.3 is 10.1 Å². The molecule has 0 spiro atoms. The van der Waals surface area contributed by atoms with Crippen molar-refractivity contribution in [2.24, 2.45) is 0 Å². The topological polar surface area (TPSA) is 136 Å². The molecule has 0 aliphatic carbocycles. The molecule has 0 fully saturated rings. The lowest BCUT2D eigenvalue weighted by Crippen LogP contribution is -2.24. The summed E-state index contributed by atoms with van der Waals surface area (Å²) in [6, 6.07) is 10.7. The van der Waals surface area contributed by atoms with Crippen LogP contribution in [0.1, 0.15) is 31.1 Å². The number of tetrazole rings is 1. The third-order valence-corrected chi connectivity index (χ3v) is 4.42. The number of esters is 1. The first kappa shape index (κ1) is 18.9. The second-order valence-electron chi connectivity index (χ2n) is 6.36. The van der Waals surface area contributed by atoms with Crippen molar-refractivity contribution in [3.8, 4) is 5.69 Å². The minimum atomic E-state index is -0.676. The summed E-state index contributed by atoms with van der Waals surface area (Å²) in [5.41, 5.74) is 1.71. The van der Waals surface area contributed by atoms with Crippen molar-refractivity contribution < 1.29 is 23.9 Å². The molecule has 3 aromatic rings. The molecule has 2 heterocycles. The van der Waals surface area contributed by atoms with E-state index in [2.05, 4.69) is 20.8 Å². The minimum absolute atomic E-state index is 0.208. The molecule has 2 aromatic carbocycles. The van der Waals surface area contributed by atoms with Crippen molar-refractivity contribution >= 4 is 29.4 Å². The fourth-order valence-corrected chi connectivity index (χ4v) is 2.88. The number of anilines is 1. The van der Waals surface area contributed by atoms with E-state index >= 15 is 0 Å². The summed E-state index contributed by atoms with van der Waals surface area (Å²) in [6.07, 6.45) is 1.41. The van der Waals surface area contributed by atoms with Gasteiger partial charge in [-0.05, 0) is 52.9 Å². The van der Waals surface area contributed by atoms with Gasteiger partial charge >= 0.3 is 5.97 Å². The summed E-state index contributed by atoms with van der Waals surface area (Å²) in [5, 5.41) is 13.3. The van der Waals surface area contributed by atoms with E-state index in [9.17, 15) is 19.2 Å². The fourth-order valence-electron chi connectivity index (χ4n) is 2.88. The second-order valence-corrected chi connectivity index (χ2v) is 6.36. The average molecular weight is 406 g/mol. The standard InChI is InChI=1S/C19H14N6O5/c1-24-17(27)14-7-4-12(8-15(14)18(24)28)21-16(26)9-30-19(29)11-2-5-13(6-3-11)25-10-20-22-23-25/h2-8,10H,9H2,1H3,(H,21,26). The highest BCUT2D eigenvalue weighted by molar-refractivity contribution is 6.21. The first-order chi connectivity index (χ1) is 14.4. The third kappa shape index (κ3) is 3.51. The van der Waals surface area contributed by atoms with E-state index in [1.54, 1.807) is 12.1 Å². The molecule has 0 bridgehead atoms. The molecule has 30 heavy (non-hydrogen) atoms. The van der Waals surface area contributed by atoms with Crippen LogP contribution in [-0.2, 0) is 9.53 Å². The normalized spacial score (nSPS) is 12.6. The quantitative estimate of drug-likeness (QED) is 0.483. The zero-order chi connectivity index (χ0) is 21.3. The zero-order valence-corrected chi connectivity index (χ0v) is 15.6. The number of imide groups is 1. The first-order valence-electron chi connectivity index (χ1n) is 8.71. The van der Waals surface area contributed by atoms with Crippen molar-refractivity contribution in [3.05, 3.63) is 65.5 Å². The summed E-state index contributed by atoms with van der Waals surface area (Å²) in [7, 11) is 1.39. The van der Waals surface area contributed by atoms with Crippen molar-refractivity contribution in [1.82, 2.24) is 25.1 Å². The van der Waals surface area contributed by atoms with Gasteiger partial charge in [-0.1, -0.05) is 0 Å². The van der Waals surface area contributed by atoms with Crippen LogP contribution in [0.5, 0.6) is 0 Å². The molecule has 0 saturated carbocycles. The lowest BCUT2D eigenvalue weighted by atomic mass is 10.1. The van der Waals surface area contributed by atoms with Gasteiger partial charge in [-0.15, -0.1) is 5.10 Å². The van der Waals surface area contributed by atoms with Crippen molar-refractivity contribution in [1.29, 1.82) is 0 Å². The van der Waals surface area contributed by atoms with Crippen LogP contribution in [0.3, 0.4) is 0 Å². The highest BCUT2D eigenvalue weighted by Crippen LogP contribution is 2.24. The van der Waals surface area contributed by atoms with Crippen LogP contribution in [0, 0.1) is 0 Å². The third-order valence-electron chi connectivity index (χ3n) is 4.42. The van der Waals surface area contributed by atoms with Crippen molar-refractivity contribution in [2.75, 3.05) is 19.0 Å². The number of nitrogens with one attached hydrogen (secondary N) is 1. The van der Waals surface area contributed by atoms with Gasteiger partial charge in [0.1, 0.15) is 6.33 Å². The summed E-state index contributed by atoms with van der Waals surface area (Å²) in [6.45, 7) is -0.516. The predicted octanol–water partition coefficient (Wildman–Crippen LogP) is 0.684. The predicted molar refractivity (Wildman–Crippen MR) is 101 cm³/mol. The molecule has 1 aromatic heterocycles. The van der Waals surface area contributed by atoms with E-state index in [1.807, 2.05) is 0 Å². The maximum atomic E-state index is 12.1. The molecule has 1 aliphatic rings. The van der Waals surface area contributed by atoms with E-state index in [1.165, 1.54) is 48.4 Å². The number of rotatable bonds is 5. The van der Waals surface area contributed by atoms with Crippen LogP contribution < -0.4 is 5.32 Å². The Kier molecular flexibility index (Phi) is 4.76. The minimum Gasteiger partial charge on any atom is -0.452 e. The van der Waals surface area contributed by atoms with E-state index in [-0.39, 0.29) is 16.7 Å². The molecule has 1 N–H and O–H groups in total. The van der Waals surface area contributed by atoms with Crippen LogP contribution in [0.15, 0.2) is 48.8 Å². The van der Waals surface area contributed by atoms with Crippen LogP contribution >= 0.6 is 0 Å². The summed E-state index contributed by atoms with van der Waals surface area (Å²) >= 11 is 0. The number of carbonyl (C=O) groups is 4. The number of aromatic nitrogens is 4. The second kappa shape index (κ2) is 7.54. The van der Waals surface area contributed by atoms with Gasteiger partial charge in [0.05, 0.1) is 22.4 Å². The van der Waals surface area contributed by atoms with Gasteiger partial charge in [0.25, 0.3) is 17.7 Å². The number of nitrogens with zero attached hydrogens (tertiary/aromatic N) is 5. The first-order valence-corrected chi connectivity index (χ1v) is 8.71. The lowest BCUT2D eigenvalue weighted by Gasteiger charge is -2.08. The van der Waals surface area contributed by atoms with E-state index in [4.69, 9.17) is 4.74 Å². The molecular formula is C19H14N6O5. The maximum Gasteiger partial charge on any atom is 0.338 e. The molecule has 0 unspecified atom stereocenters. The number of hydrogen-bond donors (Lipinski definition) is 1. The summed E-state index contributed by atoms with van der Waals surface area (Å²) < 4.78 is 6.44. The molecule has 11 nitrogen and oxygen atoms in total. The molecule has 3 amide bonds. The van der Waals surface area contributed by atoms with Gasteiger partial charge in [-0.3, -0.25) is 19.3 Å². The van der Waals surface area contributed by atoms with E-state index in [0.717, 1.165) is 4.90 Å². The largest absolute Gasteiger partial charge is 0.452 e. The average Bonchev–Trinajstić information content (AvgIpc) is 3.37. The number of amides is 3. The lowest BCUT2D eigenvalue weighted by molar-refractivity contribution is -0.119. The fraction of sp³-hybridized carbons (Fsp3) is 0.105. The Morgan fingerprint density at radius 2 is 1.77 bits per heavy atom. The summed E-state index contributed by atoms with van der Waals surface area (Å²) in [4.78, 5) is 49.1. The van der Waals surface area contributed by atoms with E-state index < -0.39 is 30.3 Å². The van der Waals surface area contributed by atoms with Gasteiger partial charge in [0.15, 0.2) is 6.61 Å². The number of carbonyl (C=O) groups excluding carboxylic acids is 4. The molecule has 150 valence electrons. The number of benzene rings is 2. The smallest absolute Gasteiger partial charge is 0.338 e. The highest BCUT2D eigenvalue weighted by Gasteiger charge is 2.32. The van der Waals surface area contributed by atoms with Gasteiger partial charge in [0.2, 0.25) is 0 Å². The molecule has 0 atom stereocenters. The Balaban J connectivity index is 1.35. The monoisotopic (exact) mass is 406 g/mol. The SMILES string of the molecule is CN1C(=O)c2ccc(NC(=O)COC(=O)c3ccc(-n4cnnn4)cc3)cc2C1=O. The number of hydrogen-bond acceptors (Lipinski definition) is 8. The van der Waals surface area contributed by atoms with Crippen LogP contribution in [0.25, 0.3) is 5.69 Å². The highest BCUT2D eigenvalue weighted by atomic mass is 16.5. The Hall–Kier alpha value is -4.41. The Bertz CT molecular complexity index is 1160. The number of ether oxygens (including phenoxy) is 1. The van der Waals surface area contributed by atoms with Gasteiger partial charge in [-0.2, -0.15) is 0 Å². The van der Waals surface area contributed by atoms with Crippen LogP contribution in [0.4, 0.5) is 5.69 Å².